The Morgan fingerprint density at radius 1 is 1.36 bits per heavy atom. The quantitative estimate of drug-likeness (QED) is 0.636. The van der Waals surface area contributed by atoms with Crippen molar-refractivity contribution in [1.82, 2.24) is 5.32 Å². The first-order valence-electron chi connectivity index (χ1n) is 4.81. The van der Waals surface area contributed by atoms with Crippen LogP contribution in [0.3, 0.4) is 0 Å². The maximum Gasteiger partial charge on any atom is 0.236 e. The lowest BCUT2D eigenvalue weighted by Crippen LogP contribution is -2.34. The van der Waals surface area contributed by atoms with Gasteiger partial charge in [0.25, 0.3) is 0 Å². The van der Waals surface area contributed by atoms with Crippen molar-refractivity contribution in [2.75, 3.05) is 19.8 Å². The molecule has 1 aliphatic heterocycles. The zero-order valence-electron chi connectivity index (χ0n) is 8.12. The third-order valence-electron chi connectivity index (χ3n) is 2.27. The topological polar surface area (TPSA) is 81.4 Å². The van der Waals surface area contributed by atoms with Gasteiger partial charge in [0, 0.05) is 19.6 Å². The van der Waals surface area contributed by atoms with Gasteiger partial charge >= 0.3 is 0 Å². The van der Waals surface area contributed by atoms with Crippen LogP contribution in [0.4, 0.5) is 0 Å². The van der Waals surface area contributed by atoms with Crippen LogP contribution in [-0.2, 0) is 14.3 Å². The molecule has 0 bridgehead atoms. The Labute approximate surface area is 83.0 Å². The molecule has 0 radical (unpaired) electrons. The van der Waals surface area contributed by atoms with Crippen LogP contribution in [0.2, 0.25) is 0 Å². The summed E-state index contributed by atoms with van der Waals surface area (Å²) in [5.41, 5.74) is 4.90. The molecule has 0 aliphatic carbocycles. The molecule has 80 valence electrons. The third-order valence-corrected chi connectivity index (χ3v) is 2.27. The lowest BCUT2D eigenvalue weighted by atomic mass is 9.96. The zero-order valence-corrected chi connectivity index (χ0v) is 8.12. The molecule has 0 atom stereocenters. The molecule has 1 fully saturated rings. The van der Waals surface area contributed by atoms with E-state index in [1.54, 1.807) is 0 Å². The van der Waals surface area contributed by atoms with E-state index in [2.05, 4.69) is 5.32 Å². The highest BCUT2D eigenvalue weighted by Crippen LogP contribution is 2.17. The first-order chi connectivity index (χ1) is 6.68. The highest BCUT2D eigenvalue weighted by Gasteiger charge is 2.17. The van der Waals surface area contributed by atoms with E-state index in [0.29, 0.717) is 12.3 Å². The number of primary amides is 1. The first kappa shape index (κ1) is 11.0. The maximum absolute atomic E-state index is 11.3. The van der Waals surface area contributed by atoms with E-state index in [0.717, 1.165) is 26.1 Å². The van der Waals surface area contributed by atoms with Gasteiger partial charge in [-0.25, -0.2) is 0 Å². The smallest absolute Gasteiger partial charge is 0.236 e. The van der Waals surface area contributed by atoms with Crippen molar-refractivity contribution in [1.29, 1.82) is 0 Å². The Balaban J connectivity index is 2.15. The normalized spacial score (nSPS) is 17.7. The Hall–Kier alpha value is -1.10. The van der Waals surface area contributed by atoms with Crippen molar-refractivity contribution in [2.24, 2.45) is 11.7 Å². The molecular formula is C9H16N2O3. The summed E-state index contributed by atoms with van der Waals surface area (Å²) in [5.74, 6) is -0.224. The largest absolute Gasteiger partial charge is 0.381 e. The molecule has 0 aromatic carbocycles. The van der Waals surface area contributed by atoms with Gasteiger partial charge in [-0.15, -0.1) is 0 Å². The number of rotatable bonds is 4. The van der Waals surface area contributed by atoms with E-state index in [9.17, 15) is 9.59 Å². The van der Waals surface area contributed by atoms with Crippen LogP contribution < -0.4 is 11.1 Å². The second kappa shape index (κ2) is 5.59. The number of hydrogen-bond acceptors (Lipinski definition) is 3. The van der Waals surface area contributed by atoms with Crippen molar-refractivity contribution in [3.63, 3.8) is 0 Å². The summed E-state index contributed by atoms with van der Waals surface area (Å²) in [6, 6.07) is 0. The molecule has 1 heterocycles. The number of amides is 2. The fraction of sp³-hybridized carbons (Fsp3) is 0.778. The standard InChI is InChI=1S/C9H16N2O3/c10-8(12)6-11-9(13)5-7-1-3-14-4-2-7/h7H,1-6H2,(H2,10,12)(H,11,13). The van der Waals surface area contributed by atoms with Crippen LogP contribution in [0.15, 0.2) is 0 Å². The number of hydrogen-bond donors (Lipinski definition) is 2. The predicted molar refractivity (Wildman–Crippen MR) is 50.4 cm³/mol. The molecule has 1 rings (SSSR count). The van der Waals surface area contributed by atoms with Crippen molar-refractivity contribution in [3.8, 4) is 0 Å². The summed E-state index contributed by atoms with van der Waals surface area (Å²) in [4.78, 5) is 21.6. The Bertz CT molecular complexity index is 212. The van der Waals surface area contributed by atoms with Gasteiger partial charge in [0.05, 0.1) is 6.54 Å². The highest BCUT2D eigenvalue weighted by atomic mass is 16.5. The van der Waals surface area contributed by atoms with E-state index in [1.807, 2.05) is 0 Å². The number of nitrogens with two attached hydrogens (primary N) is 1. The van der Waals surface area contributed by atoms with Crippen molar-refractivity contribution >= 4 is 11.8 Å². The monoisotopic (exact) mass is 200 g/mol. The third kappa shape index (κ3) is 4.23. The molecule has 2 amide bonds. The lowest BCUT2D eigenvalue weighted by molar-refractivity contribution is -0.125. The van der Waals surface area contributed by atoms with Crippen LogP contribution in [0, 0.1) is 5.92 Å². The van der Waals surface area contributed by atoms with E-state index >= 15 is 0 Å². The average Bonchev–Trinajstić information content (AvgIpc) is 2.16. The zero-order chi connectivity index (χ0) is 10.4. The van der Waals surface area contributed by atoms with Gasteiger partial charge in [-0.3, -0.25) is 9.59 Å². The minimum Gasteiger partial charge on any atom is -0.381 e. The van der Waals surface area contributed by atoms with Gasteiger partial charge in [-0.1, -0.05) is 0 Å². The number of carbonyl (C=O) groups excluding carboxylic acids is 2. The maximum atomic E-state index is 11.3. The van der Waals surface area contributed by atoms with Crippen LogP contribution in [0.5, 0.6) is 0 Å². The van der Waals surface area contributed by atoms with Gasteiger partial charge in [0.2, 0.25) is 11.8 Å². The van der Waals surface area contributed by atoms with Crippen LogP contribution in [0.1, 0.15) is 19.3 Å². The molecule has 1 aliphatic rings. The summed E-state index contributed by atoms with van der Waals surface area (Å²) in [5, 5.41) is 2.48. The van der Waals surface area contributed by atoms with Crippen molar-refractivity contribution in [2.45, 2.75) is 19.3 Å². The van der Waals surface area contributed by atoms with Crippen molar-refractivity contribution in [3.05, 3.63) is 0 Å². The first-order valence-corrected chi connectivity index (χ1v) is 4.81. The van der Waals surface area contributed by atoms with Crippen LogP contribution in [-0.4, -0.2) is 31.6 Å². The molecule has 0 saturated carbocycles. The van der Waals surface area contributed by atoms with Crippen LogP contribution in [0.25, 0.3) is 0 Å². The summed E-state index contributed by atoms with van der Waals surface area (Å²) >= 11 is 0. The molecule has 5 nitrogen and oxygen atoms in total. The van der Waals surface area contributed by atoms with Gasteiger partial charge in [-0.05, 0) is 18.8 Å². The summed E-state index contributed by atoms with van der Waals surface area (Å²) < 4.78 is 5.17. The summed E-state index contributed by atoms with van der Waals surface area (Å²) in [6.45, 7) is 1.39. The molecule has 0 aromatic heterocycles. The van der Waals surface area contributed by atoms with Gasteiger partial charge in [-0.2, -0.15) is 0 Å². The highest BCUT2D eigenvalue weighted by molar-refractivity contribution is 5.83. The molecule has 0 unspecified atom stereocenters. The Morgan fingerprint density at radius 2 is 2.00 bits per heavy atom. The molecule has 3 N–H and O–H groups in total. The number of nitrogens with one attached hydrogen (secondary N) is 1. The molecule has 1 saturated heterocycles. The lowest BCUT2D eigenvalue weighted by Gasteiger charge is -2.21. The summed E-state index contributed by atoms with van der Waals surface area (Å²) in [6.07, 6.45) is 2.31. The molecule has 0 spiro atoms. The average molecular weight is 200 g/mol. The van der Waals surface area contributed by atoms with Crippen molar-refractivity contribution < 1.29 is 14.3 Å². The fourth-order valence-corrected chi connectivity index (χ4v) is 1.47. The molecule has 5 heteroatoms. The number of ether oxygens (including phenoxy) is 1. The second-order valence-electron chi connectivity index (χ2n) is 3.50. The van der Waals surface area contributed by atoms with E-state index in [1.165, 1.54) is 0 Å². The van der Waals surface area contributed by atoms with Gasteiger partial charge in [0.15, 0.2) is 0 Å². The minimum atomic E-state index is -0.509. The van der Waals surface area contributed by atoms with E-state index in [-0.39, 0.29) is 12.5 Å². The fourth-order valence-electron chi connectivity index (χ4n) is 1.47. The van der Waals surface area contributed by atoms with E-state index < -0.39 is 5.91 Å². The molecular weight excluding hydrogens is 184 g/mol. The molecule has 0 aromatic rings. The Morgan fingerprint density at radius 3 is 2.57 bits per heavy atom. The Kier molecular flexibility index (Phi) is 4.39. The van der Waals surface area contributed by atoms with Crippen LogP contribution >= 0.6 is 0 Å². The van der Waals surface area contributed by atoms with Gasteiger partial charge < -0.3 is 15.8 Å². The minimum absolute atomic E-state index is 0.0674. The second-order valence-corrected chi connectivity index (χ2v) is 3.50. The van der Waals surface area contributed by atoms with Gasteiger partial charge in [0.1, 0.15) is 0 Å². The van der Waals surface area contributed by atoms with E-state index in [4.69, 9.17) is 10.5 Å². The number of carbonyl (C=O) groups is 2. The predicted octanol–water partition coefficient (Wildman–Crippen LogP) is -0.595. The molecule has 14 heavy (non-hydrogen) atoms. The summed E-state index contributed by atoms with van der Waals surface area (Å²) in [7, 11) is 0. The SMILES string of the molecule is NC(=O)CNC(=O)CC1CCOCC1.